The Morgan fingerprint density at radius 1 is 1.31 bits per heavy atom. The minimum Gasteiger partial charge on any atom is -0.323 e. The number of anilines is 1. The van der Waals surface area contributed by atoms with E-state index in [1.165, 1.54) is 18.2 Å². The molecule has 1 aromatic heterocycles. The molecule has 0 aliphatic rings. The van der Waals surface area contributed by atoms with E-state index >= 15 is 0 Å². The van der Waals surface area contributed by atoms with Crippen molar-refractivity contribution in [3.8, 4) is 0 Å². The van der Waals surface area contributed by atoms with Gasteiger partial charge in [0.1, 0.15) is 5.15 Å². The highest BCUT2D eigenvalue weighted by molar-refractivity contribution is 7.90. The van der Waals surface area contributed by atoms with Crippen molar-refractivity contribution in [2.45, 2.75) is 38.1 Å². The molecule has 0 saturated heterocycles. The van der Waals surface area contributed by atoms with E-state index in [1.54, 1.807) is 22.9 Å². The van der Waals surface area contributed by atoms with E-state index in [9.17, 15) is 13.2 Å². The Morgan fingerprint density at radius 2 is 1.96 bits per heavy atom. The molecule has 6 nitrogen and oxygen atoms in total. The lowest BCUT2D eigenvalue weighted by atomic mass is 10.2. The molecule has 140 valence electrons. The topological polar surface area (TPSA) is 81.1 Å². The first kappa shape index (κ1) is 20.2. The number of unbranched alkanes of at least 4 members (excludes halogenated alkanes) is 1. The number of aromatic nitrogens is 2. The lowest BCUT2D eigenvalue weighted by molar-refractivity contribution is -0.111. The van der Waals surface area contributed by atoms with Crippen molar-refractivity contribution < 1.29 is 13.2 Å². The summed E-state index contributed by atoms with van der Waals surface area (Å²) in [6, 6.07) is 5.99. The fourth-order valence-electron chi connectivity index (χ4n) is 2.34. The summed E-state index contributed by atoms with van der Waals surface area (Å²) in [5, 5.41) is 7.58. The maximum absolute atomic E-state index is 12.1. The normalized spacial score (nSPS) is 11.8. The molecule has 0 aliphatic heterocycles. The van der Waals surface area contributed by atoms with Gasteiger partial charge in [0.2, 0.25) is 5.91 Å². The third kappa shape index (κ3) is 5.19. The lowest BCUT2D eigenvalue weighted by Gasteiger charge is -2.03. The van der Waals surface area contributed by atoms with Gasteiger partial charge in [-0.2, -0.15) is 5.10 Å². The van der Waals surface area contributed by atoms with Gasteiger partial charge in [-0.15, -0.1) is 0 Å². The average molecular weight is 396 g/mol. The smallest absolute Gasteiger partial charge is 0.248 e. The van der Waals surface area contributed by atoms with E-state index in [4.69, 9.17) is 11.6 Å². The number of aryl methyl sites for hydroxylation is 2. The molecule has 0 unspecified atom stereocenters. The van der Waals surface area contributed by atoms with Gasteiger partial charge in [0.15, 0.2) is 9.84 Å². The highest BCUT2D eigenvalue weighted by Crippen LogP contribution is 2.22. The number of rotatable bonds is 7. The Kier molecular flexibility index (Phi) is 6.61. The zero-order chi connectivity index (χ0) is 19.3. The van der Waals surface area contributed by atoms with Crippen LogP contribution >= 0.6 is 11.6 Å². The van der Waals surface area contributed by atoms with Crippen molar-refractivity contribution >= 4 is 39.1 Å². The second kappa shape index (κ2) is 8.51. The molecule has 1 aromatic carbocycles. The fraction of sp³-hybridized carbons (Fsp3) is 0.333. The maximum atomic E-state index is 12.1. The zero-order valence-electron chi connectivity index (χ0n) is 15.0. The summed E-state index contributed by atoms with van der Waals surface area (Å²) in [7, 11) is -3.26. The Hall–Kier alpha value is -2.12. The Balaban J connectivity index is 2.07. The Labute approximate surface area is 158 Å². The minimum absolute atomic E-state index is 0.202. The van der Waals surface area contributed by atoms with Crippen LogP contribution in [-0.2, 0) is 21.2 Å². The maximum Gasteiger partial charge on any atom is 0.248 e. The number of halogens is 1. The summed E-state index contributed by atoms with van der Waals surface area (Å²) in [4.78, 5) is 12.3. The predicted molar refractivity (Wildman–Crippen MR) is 104 cm³/mol. The van der Waals surface area contributed by atoms with Crippen LogP contribution in [-0.4, -0.2) is 30.4 Å². The highest BCUT2D eigenvalue weighted by Gasteiger charge is 2.11. The molecule has 8 heteroatoms. The number of amides is 1. The molecular formula is C18H22ClN3O3S. The van der Waals surface area contributed by atoms with E-state index < -0.39 is 9.84 Å². The van der Waals surface area contributed by atoms with E-state index in [0.717, 1.165) is 31.3 Å². The molecule has 0 bridgehead atoms. The summed E-state index contributed by atoms with van der Waals surface area (Å²) in [6.07, 6.45) is 6.17. The molecule has 26 heavy (non-hydrogen) atoms. The fourth-order valence-corrected chi connectivity index (χ4v) is 3.29. The van der Waals surface area contributed by atoms with Crippen molar-refractivity contribution in [2.24, 2.45) is 0 Å². The highest BCUT2D eigenvalue weighted by atomic mass is 35.5. The summed E-state index contributed by atoms with van der Waals surface area (Å²) >= 11 is 6.33. The Bertz CT molecular complexity index is 916. The number of carbonyl (C=O) groups excluding carboxylic acids is 1. The van der Waals surface area contributed by atoms with Crippen LogP contribution in [0.2, 0.25) is 5.15 Å². The number of carbonyl (C=O) groups is 1. The molecule has 2 aromatic rings. The van der Waals surface area contributed by atoms with Crippen molar-refractivity contribution in [3.63, 3.8) is 0 Å². The molecule has 1 heterocycles. The largest absolute Gasteiger partial charge is 0.323 e. The number of nitrogens with zero attached hydrogens (tertiary/aromatic N) is 2. The second-order valence-electron chi connectivity index (χ2n) is 5.99. The van der Waals surface area contributed by atoms with Gasteiger partial charge in [-0.25, -0.2) is 8.42 Å². The molecular weight excluding hydrogens is 374 g/mol. The van der Waals surface area contributed by atoms with Gasteiger partial charge in [0.05, 0.1) is 10.6 Å². The van der Waals surface area contributed by atoms with Gasteiger partial charge >= 0.3 is 0 Å². The third-order valence-electron chi connectivity index (χ3n) is 3.78. The van der Waals surface area contributed by atoms with E-state index in [2.05, 4.69) is 17.3 Å². The quantitative estimate of drug-likeness (QED) is 0.724. The molecule has 1 N–H and O–H groups in total. The van der Waals surface area contributed by atoms with Crippen molar-refractivity contribution in [2.75, 3.05) is 11.6 Å². The first-order valence-electron chi connectivity index (χ1n) is 8.24. The van der Waals surface area contributed by atoms with Gasteiger partial charge < -0.3 is 5.32 Å². The predicted octanol–water partition coefficient (Wildman–Crippen LogP) is 3.70. The molecule has 0 aliphatic carbocycles. The number of benzene rings is 1. The molecule has 0 saturated carbocycles. The van der Waals surface area contributed by atoms with Crippen LogP contribution in [0.3, 0.4) is 0 Å². The van der Waals surface area contributed by atoms with E-state index in [1.807, 2.05) is 6.92 Å². The first-order valence-corrected chi connectivity index (χ1v) is 10.5. The number of hydrogen-bond acceptors (Lipinski definition) is 4. The average Bonchev–Trinajstić information content (AvgIpc) is 2.84. The molecule has 0 atom stereocenters. The molecule has 2 rings (SSSR count). The van der Waals surface area contributed by atoms with Crippen LogP contribution in [0.4, 0.5) is 5.69 Å². The summed E-state index contributed by atoms with van der Waals surface area (Å²) in [6.45, 7) is 4.68. The molecule has 0 radical (unpaired) electrons. The van der Waals surface area contributed by atoms with Crippen LogP contribution < -0.4 is 5.32 Å². The third-order valence-corrected chi connectivity index (χ3v) is 5.31. The van der Waals surface area contributed by atoms with Crippen LogP contribution in [0.15, 0.2) is 35.2 Å². The molecule has 0 fully saturated rings. The van der Waals surface area contributed by atoms with Crippen LogP contribution in [0, 0.1) is 6.92 Å². The summed E-state index contributed by atoms with van der Waals surface area (Å²) < 4.78 is 24.6. The lowest BCUT2D eigenvalue weighted by Crippen LogP contribution is -2.08. The second-order valence-corrected chi connectivity index (χ2v) is 8.36. The van der Waals surface area contributed by atoms with Crippen LogP contribution in [0.25, 0.3) is 6.08 Å². The monoisotopic (exact) mass is 395 g/mol. The van der Waals surface area contributed by atoms with Crippen molar-refractivity contribution in [1.82, 2.24) is 9.78 Å². The number of hydrogen-bond donors (Lipinski definition) is 1. The van der Waals surface area contributed by atoms with Crippen molar-refractivity contribution in [3.05, 3.63) is 46.8 Å². The van der Waals surface area contributed by atoms with Gasteiger partial charge in [-0.1, -0.05) is 24.9 Å². The minimum atomic E-state index is -3.26. The number of sulfone groups is 1. The molecule has 0 spiro atoms. The van der Waals surface area contributed by atoms with Gasteiger partial charge in [-0.05, 0) is 43.7 Å². The van der Waals surface area contributed by atoms with Gasteiger partial charge in [0, 0.05) is 30.1 Å². The van der Waals surface area contributed by atoms with Gasteiger partial charge in [-0.3, -0.25) is 9.48 Å². The SMILES string of the molecule is CCCCn1nc(C)c(C=CC(=O)Nc2ccc(S(C)(=O)=O)cc2)c1Cl. The van der Waals surface area contributed by atoms with Crippen molar-refractivity contribution in [1.29, 1.82) is 0 Å². The molecule has 1 amide bonds. The van der Waals surface area contributed by atoms with Gasteiger partial charge in [0.25, 0.3) is 0 Å². The van der Waals surface area contributed by atoms with E-state index in [-0.39, 0.29) is 10.8 Å². The van der Waals surface area contributed by atoms with E-state index in [0.29, 0.717) is 16.4 Å². The van der Waals surface area contributed by atoms with Crippen LogP contribution in [0.5, 0.6) is 0 Å². The standard InChI is InChI=1S/C18H22ClN3O3S/c1-4-5-12-22-18(19)16(13(2)21-22)10-11-17(23)20-14-6-8-15(9-7-14)26(3,24)25/h6-11H,4-5,12H2,1-3H3,(H,20,23). The number of nitrogens with one attached hydrogen (secondary N) is 1. The summed E-state index contributed by atoms with van der Waals surface area (Å²) in [5.74, 6) is -0.339. The first-order chi connectivity index (χ1) is 12.2. The zero-order valence-corrected chi connectivity index (χ0v) is 16.6. The summed E-state index contributed by atoms with van der Waals surface area (Å²) in [5.41, 5.74) is 1.98. The Morgan fingerprint density at radius 3 is 2.54 bits per heavy atom. The van der Waals surface area contributed by atoms with Crippen LogP contribution in [0.1, 0.15) is 31.0 Å².